The number of amides is 1. The van der Waals surface area contributed by atoms with Gasteiger partial charge in [0.25, 0.3) is 11.6 Å². The van der Waals surface area contributed by atoms with E-state index in [2.05, 4.69) is 32.6 Å². The molecule has 12 heteroatoms. The van der Waals surface area contributed by atoms with Gasteiger partial charge in [0.05, 0.1) is 33.6 Å². The molecular formula is C19H22ClN7O3S. The molecule has 0 unspecified atom stereocenters. The minimum atomic E-state index is -0.571. The van der Waals surface area contributed by atoms with Gasteiger partial charge in [-0.15, -0.1) is 0 Å². The van der Waals surface area contributed by atoms with Crippen molar-refractivity contribution in [1.82, 2.24) is 25.1 Å². The van der Waals surface area contributed by atoms with E-state index >= 15 is 0 Å². The van der Waals surface area contributed by atoms with Crippen LogP contribution in [0.2, 0.25) is 5.02 Å². The standard InChI is InChI=1S/C19H22ClN7O3S/c1-3-7-21-16-14-11-23-26(17(14)25-19(24-16)31-4-2)9-8-22-18(28)13-10-12(27(29)30)5-6-15(13)20/h5-6,10-11H,3-4,7-9H2,1-2H3,(H,22,28)(H,21,24,25). The Balaban J connectivity index is 1.75. The highest BCUT2D eigenvalue weighted by molar-refractivity contribution is 7.99. The fourth-order valence-electron chi connectivity index (χ4n) is 2.84. The summed E-state index contributed by atoms with van der Waals surface area (Å²) in [7, 11) is 0. The van der Waals surface area contributed by atoms with Crippen LogP contribution in [0.5, 0.6) is 0 Å². The molecule has 0 saturated heterocycles. The van der Waals surface area contributed by atoms with Crippen LogP contribution in [0.15, 0.2) is 29.6 Å². The van der Waals surface area contributed by atoms with Gasteiger partial charge in [-0.2, -0.15) is 5.10 Å². The third kappa shape index (κ3) is 5.42. The number of carbonyl (C=O) groups excluding carboxylic acids is 1. The first-order valence-electron chi connectivity index (χ1n) is 9.77. The van der Waals surface area contributed by atoms with E-state index in [1.807, 2.05) is 6.92 Å². The lowest BCUT2D eigenvalue weighted by atomic mass is 10.2. The van der Waals surface area contributed by atoms with Crippen molar-refractivity contribution in [3.05, 3.63) is 45.1 Å². The van der Waals surface area contributed by atoms with Crippen molar-refractivity contribution in [1.29, 1.82) is 0 Å². The first kappa shape index (κ1) is 22.8. The van der Waals surface area contributed by atoms with Crippen molar-refractivity contribution in [2.45, 2.75) is 32.0 Å². The number of anilines is 1. The first-order chi connectivity index (χ1) is 14.9. The highest BCUT2D eigenvalue weighted by atomic mass is 35.5. The van der Waals surface area contributed by atoms with Crippen LogP contribution in [-0.2, 0) is 6.54 Å². The van der Waals surface area contributed by atoms with Crippen molar-refractivity contribution < 1.29 is 9.72 Å². The van der Waals surface area contributed by atoms with Crippen LogP contribution in [0.1, 0.15) is 30.6 Å². The number of halogens is 1. The minimum absolute atomic E-state index is 0.0520. The molecule has 2 N–H and O–H groups in total. The lowest BCUT2D eigenvalue weighted by Crippen LogP contribution is -2.28. The van der Waals surface area contributed by atoms with Crippen LogP contribution >= 0.6 is 23.4 Å². The Morgan fingerprint density at radius 3 is 2.81 bits per heavy atom. The molecule has 2 heterocycles. The summed E-state index contributed by atoms with van der Waals surface area (Å²) in [5.41, 5.74) is 0.528. The van der Waals surface area contributed by atoms with E-state index in [1.54, 1.807) is 10.9 Å². The average Bonchev–Trinajstić information content (AvgIpc) is 3.15. The molecule has 0 saturated carbocycles. The van der Waals surface area contributed by atoms with Gasteiger partial charge < -0.3 is 10.6 Å². The number of nitro benzene ring substituents is 1. The zero-order valence-corrected chi connectivity index (χ0v) is 18.7. The maximum absolute atomic E-state index is 12.5. The molecule has 0 atom stereocenters. The van der Waals surface area contributed by atoms with Gasteiger partial charge in [0.2, 0.25) is 0 Å². The third-order valence-electron chi connectivity index (χ3n) is 4.31. The number of nitrogens with zero attached hydrogens (tertiary/aromatic N) is 5. The summed E-state index contributed by atoms with van der Waals surface area (Å²) in [6.07, 6.45) is 2.66. The topological polar surface area (TPSA) is 128 Å². The lowest BCUT2D eigenvalue weighted by molar-refractivity contribution is -0.384. The van der Waals surface area contributed by atoms with Crippen molar-refractivity contribution in [3.63, 3.8) is 0 Å². The average molecular weight is 464 g/mol. The molecule has 0 spiro atoms. The number of fused-ring (bicyclic) bond motifs is 1. The Labute approximate surface area is 187 Å². The molecule has 10 nitrogen and oxygen atoms in total. The second kappa shape index (κ2) is 10.4. The maximum atomic E-state index is 12.5. The summed E-state index contributed by atoms with van der Waals surface area (Å²) >= 11 is 7.57. The van der Waals surface area contributed by atoms with Gasteiger partial charge in [-0.3, -0.25) is 14.9 Å². The molecule has 31 heavy (non-hydrogen) atoms. The zero-order valence-electron chi connectivity index (χ0n) is 17.1. The highest BCUT2D eigenvalue weighted by Crippen LogP contribution is 2.25. The summed E-state index contributed by atoms with van der Waals surface area (Å²) in [4.78, 5) is 32.0. The van der Waals surface area contributed by atoms with E-state index < -0.39 is 10.8 Å². The summed E-state index contributed by atoms with van der Waals surface area (Å²) in [5.74, 6) is 1.08. The zero-order chi connectivity index (χ0) is 22.4. The highest BCUT2D eigenvalue weighted by Gasteiger charge is 2.17. The number of benzene rings is 1. The molecule has 0 aliphatic rings. The number of thioether (sulfide) groups is 1. The molecule has 0 radical (unpaired) electrons. The Morgan fingerprint density at radius 2 is 2.10 bits per heavy atom. The van der Waals surface area contributed by atoms with Gasteiger partial charge in [0.15, 0.2) is 10.8 Å². The van der Waals surface area contributed by atoms with Crippen LogP contribution < -0.4 is 10.6 Å². The molecule has 2 aromatic heterocycles. The van der Waals surface area contributed by atoms with E-state index in [0.29, 0.717) is 17.3 Å². The number of aromatic nitrogens is 4. The molecule has 0 aliphatic carbocycles. The smallest absolute Gasteiger partial charge is 0.270 e. The van der Waals surface area contributed by atoms with Crippen molar-refractivity contribution >= 4 is 51.8 Å². The number of hydrogen-bond acceptors (Lipinski definition) is 8. The monoisotopic (exact) mass is 463 g/mol. The quantitative estimate of drug-likeness (QED) is 0.201. The van der Waals surface area contributed by atoms with E-state index in [0.717, 1.165) is 36.0 Å². The summed E-state index contributed by atoms with van der Waals surface area (Å²) < 4.78 is 1.70. The van der Waals surface area contributed by atoms with Crippen LogP contribution in [0.3, 0.4) is 0 Å². The second-order valence-corrected chi connectivity index (χ2v) is 8.14. The fraction of sp³-hybridized carbons (Fsp3) is 0.368. The van der Waals surface area contributed by atoms with Gasteiger partial charge in [0, 0.05) is 25.2 Å². The number of hydrogen-bond donors (Lipinski definition) is 2. The van der Waals surface area contributed by atoms with E-state index in [1.165, 1.54) is 23.9 Å². The SMILES string of the molecule is CCCNc1nc(SCC)nc2c1cnn2CCNC(=O)c1cc([N+](=O)[O-])ccc1Cl. The van der Waals surface area contributed by atoms with E-state index in [9.17, 15) is 14.9 Å². The summed E-state index contributed by atoms with van der Waals surface area (Å²) in [6.45, 7) is 5.50. The molecule has 164 valence electrons. The van der Waals surface area contributed by atoms with Gasteiger partial charge in [-0.1, -0.05) is 37.2 Å². The van der Waals surface area contributed by atoms with Gasteiger partial charge in [-0.05, 0) is 18.2 Å². The Hall–Kier alpha value is -2.92. The summed E-state index contributed by atoms with van der Waals surface area (Å²) in [5, 5.41) is 23.0. The number of nitrogens with one attached hydrogen (secondary N) is 2. The van der Waals surface area contributed by atoms with E-state index in [4.69, 9.17) is 11.6 Å². The summed E-state index contributed by atoms with van der Waals surface area (Å²) in [6, 6.07) is 3.75. The molecule has 3 rings (SSSR count). The van der Waals surface area contributed by atoms with Crippen LogP contribution in [-0.4, -0.2) is 49.4 Å². The maximum Gasteiger partial charge on any atom is 0.270 e. The van der Waals surface area contributed by atoms with Crippen molar-refractivity contribution in [2.75, 3.05) is 24.2 Å². The fourth-order valence-corrected chi connectivity index (χ4v) is 3.61. The second-order valence-electron chi connectivity index (χ2n) is 6.50. The largest absolute Gasteiger partial charge is 0.369 e. The number of nitro groups is 1. The number of carbonyl (C=O) groups is 1. The normalized spacial score (nSPS) is 10.9. The van der Waals surface area contributed by atoms with Gasteiger partial charge >= 0.3 is 0 Å². The van der Waals surface area contributed by atoms with Gasteiger partial charge in [-0.25, -0.2) is 14.6 Å². The Kier molecular flexibility index (Phi) is 7.64. The molecule has 3 aromatic rings. The number of rotatable bonds is 10. The van der Waals surface area contributed by atoms with Crippen LogP contribution in [0.25, 0.3) is 11.0 Å². The van der Waals surface area contributed by atoms with Crippen molar-refractivity contribution in [3.8, 4) is 0 Å². The Bertz CT molecular complexity index is 1110. The molecule has 0 bridgehead atoms. The minimum Gasteiger partial charge on any atom is -0.369 e. The van der Waals surface area contributed by atoms with Gasteiger partial charge in [0.1, 0.15) is 5.82 Å². The molecule has 0 aliphatic heterocycles. The third-order valence-corrected chi connectivity index (χ3v) is 5.37. The predicted molar refractivity (Wildman–Crippen MR) is 121 cm³/mol. The molecule has 1 aromatic carbocycles. The van der Waals surface area contributed by atoms with Crippen molar-refractivity contribution in [2.24, 2.45) is 0 Å². The molecule has 1 amide bonds. The van der Waals surface area contributed by atoms with Crippen LogP contribution in [0.4, 0.5) is 11.5 Å². The molecular weight excluding hydrogens is 442 g/mol. The van der Waals surface area contributed by atoms with Crippen LogP contribution in [0, 0.1) is 10.1 Å². The first-order valence-corrected chi connectivity index (χ1v) is 11.1. The Morgan fingerprint density at radius 1 is 1.29 bits per heavy atom. The number of non-ortho nitro benzene ring substituents is 1. The lowest BCUT2D eigenvalue weighted by Gasteiger charge is -2.09. The molecule has 0 fully saturated rings. The van der Waals surface area contributed by atoms with E-state index in [-0.39, 0.29) is 22.8 Å². The predicted octanol–water partition coefficient (Wildman–Crippen LogP) is 3.75.